The first-order chi connectivity index (χ1) is 13.8. The summed E-state index contributed by atoms with van der Waals surface area (Å²) in [6.45, 7) is 5.91. The van der Waals surface area contributed by atoms with Crippen molar-refractivity contribution < 1.29 is 14.3 Å². The van der Waals surface area contributed by atoms with Crippen molar-refractivity contribution >= 4 is 5.91 Å². The molecule has 3 aromatic rings. The molecule has 2 aromatic heterocycles. The number of hydrogen-bond acceptors (Lipinski definition) is 6. The van der Waals surface area contributed by atoms with Gasteiger partial charge in [0.15, 0.2) is 5.89 Å². The number of para-hydroxylation sites is 1. The molecule has 1 N–H and O–H groups in total. The maximum absolute atomic E-state index is 13.4. The third kappa shape index (κ3) is 3.80. The van der Waals surface area contributed by atoms with Gasteiger partial charge in [0.25, 0.3) is 5.91 Å². The van der Waals surface area contributed by atoms with Crippen LogP contribution in [-0.2, 0) is 5.60 Å². The average Bonchev–Trinajstić information content (AvgIpc) is 3.40. The van der Waals surface area contributed by atoms with Crippen molar-refractivity contribution in [3.63, 3.8) is 0 Å². The van der Waals surface area contributed by atoms with E-state index in [1.54, 1.807) is 32.3 Å². The molecule has 1 aromatic carbocycles. The summed E-state index contributed by atoms with van der Waals surface area (Å²) in [6, 6.07) is 7.44. The van der Waals surface area contributed by atoms with Gasteiger partial charge in [-0.25, -0.2) is 4.98 Å². The number of carbonyl (C=O) groups excluding carboxylic acids is 1. The van der Waals surface area contributed by atoms with Gasteiger partial charge in [-0.05, 0) is 45.7 Å². The second-order valence-corrected chi connectivity index (χ2v) is 8.05. The van der Waals surface area contributed by atoms with Crippen LogP contribution < -0.4 is 0 Å². The highest BCUT2D eigenvalue weighted by molar-refractivity contribution is 5.98. The minimum atomic E-state index is -1.06. The highest BCUT2D eigenvalue weighted by Crippen LogP contribution is 2.32. The van der Waals surface area contributed by atoms with Crippen LogP contribution in [-0.4, -0.2) is 48.5 Å². The first kappa shape index (κ1) is 19.3. The van der Waals surface area contributed by atoms with Crippen molar-refractivity contribution in [2.24, 2.45) is 0 Å². The Morgan fingerprint density at radius 2 is 1.93 bits per heavy atom. The standard InChI is InChI=1S/C21H25N5O3/c1-14-8-9-15(19-24-18(13-29-19)21(2,3)28)12-25(14)20(27)16-6-4-5-7-17(16)26-22-10-11-23-26/h4-7,10-11,13-15,28H,8-9,12H2,1-3H3/t14-,15?/m1/s1. The van der Waals surface area contributed by atoms with Gasteiger partial charge in [-0.1, -0.05) is 12.1 Å². The molecule has 0 bridgehead atoms. The highest BCUT2D eigenvalue weighted by atomic mass is 16.3. The quantitative estimate of drug-likeness (QED) is 0.730. The maximum Gasteiger partial charge on any atom is 0.256 e. The molecular formula is C21H25N5O3. The Hall–Kier alpha value is -3.00. The molecule has 1 unspecified atom stereocenters. The summed E-state index contributed by atoms with van der Waals surface area (Å²) in [4.78, 5) is 21.2. The number of benzene rings is 1. The Labute approximate surface area is 169 Å². The lowest BCUT2D eigenvalue weighted by Gasteiger charge is -2.37. The molecule has 0 aliphatic carbocycles. The van der Waals surface area contributed by atoms with Crippen LogP contribution in [0.15, 0.2) is 47.3 Å². The van der Waals surface area contributed by atoms with Crippen LogP contribution in [0, 0.1) is 0 Å². The Balaban J connectivity index is 1.60. The van der Waals surface area contributed by atoms with E-state index in [0.29, 0.717) is 29.4 Å². The van der Waals surface area contributed by atoms with Crippen molar-refractivity contribution in [3.8, 4) is 5.69 Å². The zero-order valence-electron chi connectivity index (χ0n) is 16.8. The maximum atomic E-state index is 13.4. The minimum absolute atomic E-state index is 0.0127. The van der Waals surface area contributed by atoms with Crippen LogP contribution >= 0.6 is 0 Å². The predicted molar refractivity (Wildman–Crippen MR) is 106 cm³/mol. The van der Waals surface area contributed by atoms with Gasteiger partial charge in [0.1, 0.15) is 17.6 Å². The Bertz CT molecular complexity index is 990. The number of nitrogens with zero attached hydrogens (tertiary/aromatic N) is 5. The third-order valence-corrected chi connectivity index (χ3v) is 5.41. The number of oxazole rings is 1. The molecular weight excluding hydrogens is 370 g/mol. The summed E-state index contributed by atoms with van der Waals surface area (Å²) in [5, 5.41) is 18.5. The van der Waals surface area contributed by atoms with E-state index >= 15 is 0 Å². The van der Waals surface area contributed by atoms with Crippen LogP contribution in [0.25, 0.3) is 5.69 Å². The number of aliphatic hydroxyl groups is 1. The van der Waals surface area contributed by atoms with Crippen LogP contribution in [0.4, 0.5) is 0 Å². The zero-order chi connectivity index (χ0) is 20.6. The van der Waals surface area contributed by atoms with E-state index in [0.717, 1.165) is 12.8 Å². The van der Waals surface area contributed by atoms with Crippen molar-refractivity contribution in [1.29, 1.82) is 0 Å². The number of aromatic nitrogens is 4. The lowest BCUT2D eigenvalue weighted by atomic mass is 9.92. The largest absolute Gasteiger partial charge is 0.448 e. The van der Waals surface area contributed by atoms with E-state index in [1.165, 1.54) is 11.1 Å². The number of likely N-dealkylation sites (tertiary alicyclic amines) is 1. The van der Waals surface area contributed by atoms with Crippen LogP contribution in [0.3, 0.4) is 0 Å². The van der Waals surface area contributed by atoms with Gasteiger partial charge in [0.05, 0.1) is 29.6 Å². The van der Waals surface area contributed by atoms with Gasteiger partial charge in [-0.2, -0.15) is 15.0 Å². The molecule has 0 saturated carbocycles. The van der Waals surface area contributed by atoms with E-state index in [9.17, 15) is 9.90 Å². The summed E-state index contributed by atoms with van der Waals surface area (Å²) in [5.41, 5.74) is 0.645. The van der Waals surface area contributed by atoms with Crippen molar-refractivity contribution in [1.82, 2.24) is 24.9 Å². The minimum Gasteiger partial charge on any atom is -0.448 e. The van der Waals surface area contributed by atoms with Gasteiger partial charge in [0.2, 0.25) is 0 Å². The SMILES string of the molecule is C[C@@H]1CCC(c2nc(C(C)(C)O)co2)CN1C(=O)c1ccccc1-n1nccn1. The van der Waals surface area contributed by atoms with Gasteiger partial charge < -0.3 is 14.4 Å². The molecule has 1 aliphatic heterocycles. The van der Waals surface area contributed by atoms with E-state index in [4.69, 9.17) is 4.42 Å². The average molecular weight is 395 g/mol. The normalized spacial score (nSPS) is 20.1. The zero-order valence-corrected chi connectivity index (χ0v) is 16.8. The molecule has 0 radical (unpaired) electrons. The molecule has 1 saturated heterocycles. The molecule has 29 heavy (non-hydrogen) atoms. The molecule has 1 amide bonds. The second kappa shape index (κ2) is 7.44. The molecule has 152 valence electrons. The smallest absolute Gasteiger partial charge is 0.256 e. The summed E-state index contributed by atoms with van der Waals surface area (Å²) >= 11 is 0. The summed E-state index contributed by atoms with van der Waals surface area (Å²) in [6.07, 6.45) is 6.39. The highest BCUT2D eigenvalue weighted by Gasteiger charge is 2.34. The number of amides is 1. The topological polar surface area (TPSA) is 97.3 Å². The van der Waals surface area contributed by atoms with E-state index in [-0.39, 0.29) is 17.9 Å². The fraction of sp³-hybridized carbons (Fsp3) is 0.429. The monoisotopic (exact) mass is 395 g/mol. The van der Waals surface area contributed by atoms with E-state index < -0.39 is 5.60 Å². The van der Waals surface area contributed by atoms with Crippen molar-refractivity contribution in [2.75, 3.05) is 6.54 Å². The van der Waals surface area contributed by atoms with Crippen LogP contribution in [0.2, 0.25) is 0 Å². The van der Waals surface area contributed by atoms with Crippen LogP contribution in [0.5, 0.6) is 0 Å². The van der Waals surface area contributed by atoms with Gasteiger partial charge in [-0.3, -0.25) is 4.79 Å². The van der Waals surface area contributed by atoms with E-state index in [1.807, 2.05) is 23.1 Å². The fourth-order valence-corrected chi connectivity index (χ4v) is 3.67. The summed E-state index contributed by atoms with van der Waals surface area (Å²) in [5.74, 6) is 0.486. The fourth-order valence-electron chi connectivity index (χ4n) is 3.67. The predicted octanol–water partition coefficient (Wildman–Crippen LogP) is 2.89. The first-order valence-corrected chi connectivity index (χ1v) is 9.79. The van der Waals surface area contributed by atoms with Crippen LogP contribution in [0.1, 0.15) is 61.5 Å². The molecule has 3 heterocycles. The number of piperidine rings is 1. The van der Waals surface area contributed by atoms with Crippen molar-refractivity contribution in [3.05, 3.63) is 60.1 Å². The lowest BCUT2D eigenvalue weighted by Crippen LogP contribution is -2.45. The third-order valence-electron chi connectivity index (χ3n) is 5.41. The Kier molecular flexibility index (Phi) is 4.96. The second-order valence-electron chi connectivity index (χ2n) is 8.05. The number of rotatable bonds is 4. The molecule has 8 heteroatoms. The molecule has 1 fully saturated rings. The molecule has 1 aliphatic rings. The summed E-state index contributed by atoms with van der Waals surface area (Å²) in [7, 11) is 0. The van der Waals surface area contributed by atoms with Gasteiger partial charge >= 0.3 is 0 Å². The molecule has 4 rings (SSSR count). The Morgan fingerprint density at radius 3 is 2.62 bits per heavy atom. The first-order valence-electron chi connectivity index (χ1n) is 9.79. The van der Waals surface area contributed by atoms with Gasteiger partial charge in [0, 0.05) is 12.6 Å². The van der Waals surface area contributed by atoms with Gasteiger partial charge in [-0.15, -0.1) is 0 Å². The number of hydrogen-bond donors (Lipinski definition) is 1. The Morgan fingerprint density at radius 1 is 1.21 bits per heavy atom. The lowest BCUT2D eigenvalue weighted by molar-refractivity contribution is 0.0594. The summed E-state index contributed by atoms with van der Waals surface area (Å²) < 4.78 is 5.65. The molecule has 2 atom stereocenters. The number of carbonyl (C=O) groups is 1. The molecule has 0 spiro atoms. The molecule has 8 nitrogen and oxygen atoms in total. The van der Waals surface area contributed by atoms with E-state index in [2.05, 4.69) is 22.1 Å². The van der Waals surface area contributed by atoms with Crippen molar-refractivity contribution in [2.45, 2.75) is 51.2 Å².